The van der Waals surface area contributed by atoms with Gasteiger partial charge in [-0.05, 0) is 65.7 Å². The number of rotatable bonds is 8. The van der Waals surface area contributed by atoms with Crippen molar-refractivity contribution in [3.63, 3.8) is 0 Å². The molecule has 0 amide bonds. The summed E-state index contributed by atoms with van der Waals surface area (Å²) >= 11 is 5.89. The molecule has 0 aliphatic carbocycles. The smallest absolute Gasteiger partial charge is 0.123 e. The summed E-state index contributed by atoms with van der Waals surface area (Å²) in [4.78, 5) is 6.01. The van der Waals surface area contributed by atoms with Gasteiger partial charge < -0.3 is 9.47 Å². The average molecular weight is 429 g/mol. The molecule has 0 radical (unpaired) electrons. The average Bonchev–Trinajstić information content (AvgIpc) is 3.10. The van der Waals surface area contributed by atoms with Gasteiger partial charge in [-0.25, -0.2) is 4.39 Å². The molecular weight excluding hydrogens is 407 g/mol. The quantitative estimate of drug-likeness (QED) is 0.458. The minimum atomic E-state index is -0.252. The van der Waals surface area contributed by atoms with E-state index in [0.29, 0.717) is 31.3 Å². The van der Waals surface area contributed by atoms with E-state index < -0.39 is 0 Å². The molecule has 0 fully saturated rings. The minimum Gasteiger partial charge on any atom is -0.497 e. The van der Waals surface area contributed by atoms with Crippen LogP contribution in [0.1, 0.15) is 11.1 Å². The minimum absolute atomic E-state index is 0.252. The van der Waals surface area contributed by atoms with E-state index in [4.69, 9.17) is 25.9 Å². The van der Waals surface area contributed by atoms with E-state index in [1.807, 2.05) is 35.3 Å². The highest BCUT2D eigenvalue weighted by molar-refractivity contribution is 6.30. The van der Waals surface area contributed by atoms with Crippen molar-refractivity contribution in [2.24, 2.45) is 0 Å². The molecule has 0 aromatic heterocycles. The molecule has 156 valence electrons. The summed E-state index contributed by atoms with van der Waals surface area (Å²) < 4.78 is 24.3. The molecule has 0 N–H and O–H groups in total. The summed E-state index contributed by atoms with van der Waals surface area (Å²) in [5.74, 6) is 1.28. The van der Waals surface area contributed by atoms with Gasteiger partial charge in [0, 0.05) is 5.02 Å². The monoisotopic (exact) mass is 428 g/mol. The highest BCUT2D eigenvalue weighted by Crippen LogP contribution is 2.35. The molecule has 30 heavy (non-hydrogen) atoms. The normalized spacial score (nSPS) is 13.4. The molecule has 1 aliphatic heterocycles. The number of hydrazine groups is 1. The Morgan fingerprint density at radius 2 is 1.67 bits per heavy atom. The number of methoxy groups -OCH3 is 1. The fraction of sp³-hybridized carbons (Fsp3) is 0.217. The van der Waals surface area contributed by atoms with Crippen molar-refractivity contribution in [2.75, 3.05) is 25.3 Å². The van der Waals surface area contributed by atoms with Crippen LogP contribution in [-0.2, 0) is 17.9 Å². The van der Waals surface area contributed by atoms with Crippen molar-refractivity contribution in [3.05, 3.63) is 88.7 Å². The first-order valence-corrected chi connectivity index (χ1v) is 9.98. The predicted molar refractivity (Wildman–Crippen MR) is 114 cm³/mol. The van der Waals surface area contributed by atoms with Gasteiger partial charge in [0.15, 0.2) is 0 Å². The Morgan fingerprint density at radius 1 is 0.933 bits per heavy atom. The zero-order valence-electron chi connectivity index (χ0n) is 16.6. The summed E-state index contributed by atoms with van der Waals surface area (Å²) in [6.07, 6.45) is 0. The van der Waals surface area contributed by atoms with Gasteiger partial charge in [-0.15, -0.1) is 0 Å². The summed E-state index contributed by atoms with van der Waals surface area (Å²) in [7, 11) is 1.65. The molecule has 0 spiro atoms. The lowest BCUT2D eigenvalue weighted by molar-refractivity contribution is -0.174. The third kappa shape index (κ3) is 4.84. The van der Waals surface area contributed by atoms with Crippen LogP contribution < -0.4 is 14.5 Å². The molecule has 3 aromatic rings. The number of hydroxylamine groups is 1. The lowest BCUT2D eigenvalue weighted by Gasteiger charge is -2.29. The van der Waals surface area contributed by atoms with Crippen LogP contribution in [-0.4, -0.2) is 25.5 Å². The molecule has 3 aromatic carbocycles. The van der Waals surface area contributed by atoms with Crippen molar-refractivity contribution in [1.82, 2.24) is 5.17 Å². The van der Waals surface area contributed by atoms with Crippen LogP contribution in [0.25, 0.3) is 0 Å². The molecule has 0 atom stereocenters. The zero-order chi connectivity index (χ0) is 20.9. The lowest BCUT2D eigenvalue weighted by Crippen LogP contribution is -2.38. The third-order valence-corrected chi connectivity index (χ3v) is 5.04. The van der Waals surface area contributed by atoms with Crippen LogP contribution in [0.5, 0.6) is 11.5 Å². The molecule has 0 unspecified atom stereocenters. The largest absolute Gasteiger partial charge is 0.497 e. The Kier molecular flexibility index (Phi) is 6.38. The third-order valence-electron chi connectivity index (χ3n) is 4.79. The first-order valence-electron chi connectivity index (χ1n) is 9.60. The van der Waals surface area contributed by atoms with E-state index in [2.05, 4.69) is 0 Å². The van der Waals surface area contributed by atoms with E-state index >= 15 is 0 Å². The van der Waals surface area contributed by atoms with E-state index in [0.717, 1.165) is 28.3 Å². The molecular formula is C23H22ClFN2O3. The summed E-state index contributed by atoms with van der Waals surface area (Å²) in [6, 6.07) is 19.6. The maximum absolute atomic E-state index is 13.3. The van der Waals surface area contributed by atoms with Crippen molar-refractivity contribution in [2.45, 2.75) is 13.1 Å². The number of ether oxygens (including phenoxy) is 2. The van der Waals surface area contributed by atoms with E-state index in [1.54, 1.807) is 36.5 Å². The maximum Gasteiger partial charge on any atom is 0.123 e. The second-order valence-electron chi connectivity index (χ2n) is 6.82. The second-order valence-corrected chi connectivity index (χ2v) is 7.26. The molecule has 1 heterocycles. The highest BCUT2D eigenvalue weighted by Gasteiger charge is 2.28. The maximum atomic E-state index is 13.3. The first kappa shape index (κ1) is 20.5. The standard InChI is InChI=1S/C23H22ClFN2O3/c1-28-22-10-11-23-18(14-22)16-27(26(23)15-17-2-6-20(25)7-3-17)30-13-12-29-21-8-4-19(24)5-9-21/h2-11,14H,12-13,15-16H2,1H3. The number of hydrogen-bond acceptors (Lipinski definition) is 5. The van der Waals surface area contributed by atoms with Crippen LogP contribution >= 0.6 is 11.6 Å². The number of benzene rings is 3. The Hall–Kier alpha value is -2.80. The Morgan fingerprint density at radius 3 is 2.40 bits per heavy atom. The van der Waals surface area contributed by atoms with Crippen LogP contribution in [0, 0.1) is 5.82 Å². The fourth-order valence-electron chi connectivity index (χ4n) is 3.29. The van der Waals surface area contributed by atoms with Crippen molar-refractivity contribution in [3.8, 4) is 11.5 Å². The van der Waals surface area contributed by atoms with Crippen molar-refractivity contribution < 1.29 is 18.7 Å². The van der Waals surface area contributed by atoms with Gasteiger partial charge in [-0.2, -0.15) is 0 Å². The van der Waals surface area contributed by atoms with Gasteiger partial charge in [0.05, 0.1) is 25.9 Å². The fourth-order valence-corrected chi connectivity index (χ4v) is 3.42. The Bertz CT molecular complexity index is 983. The Labute approximate surface area is 180 Å². The van der Waals surface area contributed by atoms with Crippen LogP contribution in [0.15, 0.2) is 66.7 Å². The van der Waals surface area contributed by atoms with Gasteiger partial charge in [0.25, 0.3) is 0 Å². The van der Waals surface area contributed by atoms with E-state index in [-0.39, 0.29) is 5.82 Å². The van der Waals surface area contributed by atoms with Gasteiger partial charge >= 0.3 is 0 Å². The SMILES string of the molecule is COc1ccc2c(c1)CN(OCCOc1ccc(Cl)cc1)N2Cc1ccc(F)cc1. The zero-order valence-corrected chi connectivity index (χ0v) is 17.3. The number of fused-ring (bicyclic) bond motifs is 1. The van der Waals surface area contributed by atoms with Gasteiger partial charge in [0.1, 0.15) is 30.5 Å². The number of anilines is 1. The molecule has 7 heteroatoms. The highest BCUT2D eigenvalue weighted by atomic mass is 35.5. The summed E-state index contributed by atoms with van der Waals surface area (Å²) in [6.45, 7) is 1.89. The molecule has 5 nitrogen and oxygen atoms in total. The molecule has 1 aliphatic rings. The lowest BCUT2D eigenvalue weighted by atomic mass is 10.1. The number of nitrogens with zero attached hydrogens (tertiary/aromatic N) is 2. The predicted octanol–water partition coefficient (Wildman–Crippen LogP) is 5.24. The van der Waals surface area contributed by atoms with Crippen LogP contribution in [0.2, 0.25) is 5.02 Å². The molecule has 0 bridgehead atoms. The molecule has 0 saturated carbocycles. The first-order chi connectivity index (χ1) is 14.6. The second kappa shape index (κ2) is 9.34. The van der Waals surface area contributed by atoms with Crippen LogP contribution in [0.3, 0.4) is 0 Å². The molecule has 0 saturated heterocycles. The van der Waals surface area contributed by atoms with Gasteiger partial charge in [-0.1, -0.05) is 28.9 Å². The van der Waals surface area contributed by atoms with E-state index in [1.165, 1.54) is 12.1 Å². The molecule has 4 rings (SSSR count). The van der Waals surface area contributed by atoms with Crippen molar-refractivity contribution >= 4 is 17.3 Å². The van der Waals surface area contributed by atoms with Gasteiger partial charge in [0.2, 0.25) is 0 Å². The van der Waals surface area contributed by atoms with Crippen LogP contribution in [0.4, 0.5) is 10.1 Å². The summed E-state index contributed by atoms with van der Waals surface area (Å²) in [5, 5.41) is 4.50. The van der Waals surface area contributed by atoms with E-state index in [9.17, 15) is 4.39 Å². The number of hydrogen-bond donors (Lipinski definition) is 0. The topological polar surface area (TPSA) is 34.2 Å². The van der Waals surface area contributed by atoms with Gasteiger partial charge in [-0.3, -0.25) is 9.85 Å². The summed E-state index contributed by atoms with van der Waals surface area (Å²) in [5.41, 5.74) is 3.10. The number of halogens is 2. The van der Waals surface area contributed by atoms with Crippen molar-refractivity contribution in [1.29, 1.82) is 0 Å². The Balaban J connectivity index is 1.43.